The quantitative estimate of drug-likeness (QED) is 0.492. The predicted molar refractivity (Wildman–Crippen MR) is 91.1 cm³/mol. The molecule has 0 bridgehead atoms. The summed E-state index contributed by atoms with van der Waals surface area (Å²) in [7, 11) is 0. The minimum Gasteiger partial charge on any atom is -0.478 e. The Morgan fingerprint density at radius 2 is 1.65 bits per heavy atom. The number of aliphatic carboxylic acids is 1. The van der Waals surface area contributed by atoms with Crippen molar-refractivity contribution in [2.75, 3.05) is 0 Å². The summed E-state index contributed by atoms with van der Waals surface area (Å²) in [6.45, 7) is 18.5. The van der Waals surface area contributed by atoms with Crippen molar-refractivity contribution in [1.29, 1.82) is 0 Å². The Balaban J connectivity index is -0.000000425. The molecule has 2 heteroatoms. The largest absolute Gasteiger partial charge is 0.478 e. The van der Waals surface area contributed by atoms with Gasteiger partial charge in [0.15, 0.2) is 0 Å². The van der Waals surface area contributed by atoms with Crippen LogP contribution in [0.25, 0.3) is 0 Å². The maximum absolute atomic E-state index is 10.5. The lowest BCUT2D eigenvalue weighted by molar-refractivity contribution is -0.131. The normalized spacial score (nSPS) is 19.2. The fourth-order valence-electron chi connectivity index (χ4n) is 2.16. The molecular weight excluding hydrogens is 248 g/mol. The van der Waals surface area contributed by atoms with Crippen LogP contribution in [-0.2, 0) is 4.79 Å². The van der Waals surface area contributed by atoms with Crippen molar-refractivity contribution >= 4 is 5.97 Å². The first-order valence-electron chi connectivity index (χ1n) is 8.01. The van der Waals surface area contributed by atoms with E-state index in [2.05, 4.69) is 26.8 Å². The molecule has 1 rings (SSSR count). The topological polar surface area (TPSA) is 37.3 Å². The van der Waals surface area contributed by atoms with Crippen LogP contribution in [0.1, 0.15) is 75.2 Å². The standard InChI is InChI=1S/C12H18O2.3C2H6/c1-9-5-4-8-12(2,3)10(9)6-7-11(13)14;3*1-2/h5-7,10H,4,8H2,1-3H3,(H,13,14);3*1-2H3/b7-6+;;;. The average molecular weight is 284 g/mol. The molecule has 0 amide bonds. The van der Waals surface area contributed by atoms with Gasteiger partial charge in [0.2, 0.25) is 0 Å². The molecule has 0 aromatic rings. The Morgan fingerprint density at radius 1 is 1.20 bits per heavy atom. The first kappa shape index (κ1) is 24.0. The maximum atomic E-state index is 10.5. The molecular formula is C18H36O2. The maximum Gasteiger partial charge on any atom is 0.327 e. The molecule has 0 saturated heterocycles. The van der Waals surface area contributed by atoms with Gasteiger partial charge in [-0.1, -0.05) is 73.1 Å². The second-order valence-electron chi connectivity index (χ2n) is 4.65. The van der Waals surface area contributed by atoms with Crippen LogP contribution in [0.15, 0.2) is 23.8 Å². The number of hydrogen-bond donors (Lipinski definition) is 1. The van der Waals surface area contributed by atoms with E-state index in [1.54, 1.807) is 0 Å². The highest BCUT2D eigenvalue weighted by atomic mass is 16.4. The van der Waals surface area contributed by atoms with E-state index in [9.17, 15) is 4.79 Å². The second kappa shape index (κ2) is 14.4. The molecule has 0 aliphatic heterocycles. The van der Waals surface area contributed by atoms with Crippen molar-refractivity contribution in [3.05, 3.63) is 23.8 Å². The van der Waals surface area contributed by atoms with E-state index < -0.39 is 5.97 Å². The third-order valence-electron chi connectivity index (χ3n) is 3.02. The lowest BCUT2D eigenvalue weighted by atomic mass is 9.68. The van der Waals surface area contributed by atoms with Crippen LogP contribution in [0.4, 0.5) is 0 Å². The van der Waals surface area contributed by atoms with E-state index in [4.69, 9.17) is 5.11 Å². The summed E-state index contributed by atoms with van der Waals surface area (Å²) in [5.41, 5.74) is 1.48. The average Bonchev–Trinajstić information content (AvgIpc) is 2.44. The number of carbonyl (C=O) groups is 1. The first-order chi connectivity index (χ1) is 9.43. The first-order valence-corrected chi connectivity index (χ1v) is 8.01. The SMILES string of the molecule is CC.CC.CC.CC1=CCCC(C)(C)C1/C=C/C(=O)O. The highest BCUT2D eigenvalue weighted by molar-refractivity contribution is 5.79. The molecule has 0 spiro atoms. The Bertz CT molecular complexity index is 286. The molecule has 1 aliphatic rings. The Labute approximate surface area is 127 Å². The van der Waals surface area contributed by atoms with Gasteiger partial charge in [0.05, 0.1) is 0 Å². The van der Waals surface area contributed by atoms with Gasteiger partial charge in [-0.2, -0.15) is 0 Å². The van der Waals surface area contributed by atoms with Crippen molar-refractivity contribution in [1.82, 2.24) is 0 Å². The number of rotatable bonds is 2. The third kappa shape index (κ3) is 9.82. The number of hydrogen-bond acceptors (Lipinski definition) is 1. The van der Waals surface area contributed by atoms with Gasteiger partial charge in [0.25, 0.3) is 0 Å². The van der Waals surface area contributed by atoms with Gasteiger partial charge in [0.1, 0.15) is 0 Å². The molecule has 0 fully saturated rings. The minimum atomic E-state index is -0.862. The van der Waals surface area contributed by atoms with Gasteiger partial charge in [-0.15, -0.1) is 0 Å². The highest BCUT2D eigenvalue weighted by Gasteiger charge is 2.30. The Kier molecular flexibility index (Phi) is 17.2. The number of allylic oxidation sites excluding steroid dienone is 3. The van der Waals surface area contributed by atoms with Crippen LogP contribution in [-0.4, -0.2) is 11.1 Å². The fourth-order valence-corrected chi connectivity index (χ4v) is 2.16. The smallest absolute Gasteiger partial charge is 0.327 e. The molecule has 0 heterocycles. The number of carboxylic acids is 1. The van der Waals surface area contributed by atoms with Gasteiger partial charge < -0.3 is 5.11 Å². The van der Waals surface area contributed by atoms with Gasteiger partial charge in [0, 0.05) is 12.0 Å². The van der Waals surface area contributed by atoms with Crippen molar-refractivity contribution in [3.63, 3.8) is 0 Å². The molecule has 1 N–H and O–H groups in total. The molecule has 0 aromatic heterocycles. The predicted octanol–water partition coefficient (Wildman–Crippen LogP) is 6.09. The van der Waals surface area contributed by atoms with Crippen molar-refractivity contribution in [3.8, 4) is 0 Å². The molecule has 2 nitrogen and oxygen atoms in total. The summed E-state index contributed by atoms with van der Waals surface area (Å²) >= 11 is 0. The molecule has 0 aromatic carbocycles. The number of carboxylic acid groups (broad SMARTS) is 1. The summed E-state index contributed by atoms with van der Waals surface area (Å²) < 4.78 is 0. The van der Waals surface area contributed by atoms with E-state index in [1.807, 2.05) is 47.6 Å². The fraction of sp³-hybridized carbons (Fsp3) is 0.722. The zero-order chi connectivity index (χ0) is 16.8. The zero-order valence-electron chi connectivity index (χ0n) is 15.1. The zero-order valence-corrected chi connectivity index (χ0v) is 15.1. The summed E-state index contributed by atoms with van der Waals surface area (Å²) in [5.74, 6) is -0.591. The van der Waals surface area contributed by atoms with E-state index in [0.29, 0.717) is 0 Å². The van der Waals surface area contributed by atoms with Crippen molar-refractivity contribution in [2.45, 2.75) is 75.2 Å². The van der Waals surface area contributed by atoms with Gasteiger partial charge in [-0.25, -0.2) is 4.79 Å². The van der Waals surface area contributed by atoms with Crippen LogP contribution in [0.5, 0.6) is 0 Å². The molecule has 120 valence electrons. The molecule has 1 aliphatic carbocycles. The molecule has 1 unspecified atom stereocenters. The van der Waals surface area contributed by atoms with Crippen LogP contribution in [0.2, 0.25) is 0 Å². The summed E-state index contributed by atoms with van der Waals surface area (Å²) in [6.07, 6.45) is 7.51. The second-order valence-corrected chi connectivity index (χ2v) is 4.65. The van der Waals surface area contributed by atoms with Crippen LogP contribution >= 0.6 is 0 Å². The van der Waals surface area contributed by atoms with Crippen LogP contribution in [0, 0.1) is 11.3 Å². The monoisotopic (exact) mass is 284 g/mol. The van der Waals surface area contributed by atoms with Crippen molar-refractivity contribution in [2.24, 2.45) is 11.3 Å². The lowest BCUT2D eigenvalue weighted by Gasteiger charge is -2.36. The van der Waals surface area contributed by atoms with Gasteiger partial charge >= 0.3 is 5.97 Å². The molecule has 1 atom stereocenters. The van der Waals surface area contributed by atoms with Crippen LogP contribution in [0.3, 0.4) is 0 Å². The summed E-state index contributed by atoms with van der Waals surface area (Å²) in [4.78, 5) is 10.5. The van der Waals surface area contributed by atoms with E-state index in [0.717, 1.165) is 12.8 Å². The van der Waals surface area contributed by atoms with E-state index in [-0.39, 0.29) is 11.3 Å². The molecule has 20 heavy (non-hydrogen) atoms. The van der Waals surface area contributed by atoms with Gasteiger partial charge in [-0.05, 0) is 25.2 Å². The Morgan fingerprint density at radius 3 is 2.00 bits per heavy atom. The van der Waals surface area contributed by atoms with Gasteiger partial charge in [-0.3, -0.25) is 0 Å². The summed E-state index contributed by atoms with van der Waals surface area (Å²) in [6, 6.07) is 0. The van der Waals surface area contributed by atoms with Crippen LogP contribution < -0.4 is 0 Å². The Hall–Kier alpha value is -1.05. The third-order valence-corrected chi connectivity index (χ3v) is 3.02. The van der Waals surface area contributed by atoms with E-state index >= 15 is 0 Å². The highest BCUT2D eigenvalue weighted by Crippen LogP contribution is 2.41. The lowest BCUT2D eigenvalue weighted by Crippen LogP contribution is -2.26. The van der Waals surface area contributed by atoms with E-state index in [1.165, 1.54) is 11.6 Å². The van der Waals surface area contributed by atoms with Crippen molar-refractivity contribution < 1.29 is 9.90 Å². The summed E-state index contributed by atoms with van der Waals surface area (Å²) in [5, 5.41) is 8.59. The molecule has 0 radical (unpaired) electrons. The molecule has 0 saturated carbocycles. The minimum absolute atomic E-state index is 0.185.